The molecule has 186 valence electrons. The molecule has 0 aliphatic carbocycles. The van der Waals surface area contributed by atoms with Crippen molar-refractivity contribution in [2.45, 2.75) is 26.0 Å². The molecule has 2 aromatic carbocycles. The summed E-state index contributed by atoms with van der Waals surface area (Å²) in [6, 6.07) is 13.1. The predicted molar refractivity (Wildman–Crippen MR) is 138 cm³/mol. The number of ether oxygens (including phenoxy) is 1. The molecule has 1 N–H and O–H groups in total. The van der Waals surface area contributed by atoms with E-state index in [0.29, 0.717) is 27.1 Å². The van der Waals surface area contributed by atoms with Gasteiger partial charge >= 0.3 is 5.91 Å². The van der Waals surface area contributed by atoms with E-state index in [-0.39, 0.29) is 28.3 Å². The van der Waals surface area contributed by atoms with Gasteiger partial charge in [0.15, 0.2) is 5.13 Å². The van der Waals surface area contributed by atoms with Gasteiger partial charge < -0.3 is 9.84 Å². The Morgan fingerprint density at radius 1 is 1.16 bits per heavy atom. The van der Waals surface area contributed by atoms with Crippen LogP contribution in [0.4, 0.5) is 10.8 Å². The summed E-state index contributed by atoms with van der Waals surface area (Å²) in [6.07, 6.45) is 3.03. The monoisotopic (exact) mass is 516 g/mol. The summed E-state index contributed by atoms with van der Waals surface area (Å²) in [5, 5.41) is 22.6. The number of anilines is 1. The zero-order valence-electron chi connectivity index (χ0n) is 19.7. The van der Waals surface area contributed by atoms with E-state index in [4.69, 9.17) is 4.74 Å². The highest BCUT2D eigenvalue weighted by Gasteiger charge is 2.48. The molecule has 5 rings (SSSR count). The summed E-state index contributed by atoms with van der Waals surface area (Å²) in [5.74, 6) is -1.50. The van der Waals surface area contributed by atoms with E-state index < -0.39 is 22.7 Å². The SMILES string of the molecule is CC(C)Oc1ccc(/C(O)=C2\C(=O)C(=O)N(c3nc4ccc([N+](=O)[O-])cc4s3)C2c2cccnc2)cc1. The first-order valence-electron chi connectivity index (χ1n) is 11.3. The molecule has 11 heteroatoms. The molecule has 0 bridgehead atoms. The van der Waals surface area contributed by atoms with Gasteiger partial charge in [-0.25, -0.2) is 4.98 Å². The molecule has 4 aromatic rings. The lowest BCUT2D eigenvalue weighted by Gasteiger charge is -2.22. The Morgan fingerprint density at radius 3 is 2.57 bits per heavy atom. The van der Waals surface area contributed by atoms with Crippen LogP contribution in [-0.2, 0) is 9.59 Å². The zero-order valence-corrected chi connectivity index (χ0v) is 20.5. The van der Waals surface area contributed by atoms with Crippen molar-refractivity contribution in [3.8, 4) is 5.75 Å². The van der Waals surface area contributed by atoms with E-state index >= 15 is 0 Å². The number of benzene rings is 2. The molecule has 0 spiro atoms. The van der Waals surface area contributed by atoms with Crippen LogP contribution in [0.1, 0.15) is 31.0 Å². The fraction of sp³-hybridized carbons (Fsp3) is 0.154. The molecule has 1 aliphatic rings. The number of pyridine rings is 1. The van der Waals surface area contributed by atoms with Crippen LogP contribution in [0.2, 0.25) is 0 Å². The second-order valence-electron chi connectivity index (χ2n) is 8.55. The lowest BCUT2D eigenvalue weighted by Crippen LogP contribution is -2.29. The summed E-state index contributed by atoms with van der Waals surface area (Å²) in [6.45, 7) is 3.78. The standard InChI is InChI=1S/C26H20N4O6S/c1-14(2)36-18-8-5-15(6-9-18)23(31)21-22(16-4-3-11-27-13-16)29(25(33)24(21)32)26-28-19-10-7-17(30(34)35)12-20(19)37-26/h3-14,22,31H,1-2H3/b23-21+. The normalized spacial score (nSPS) is 17.1. The smallest absolute Gasteiger partial charge is 0.301 e. The van der Waals surface area contributed by atoms with Crippen LogP contribution in [0.3, 0.4) is 0 Å². The number of aliphatic hydroxyl groups is 1. The summed E-state index contributed by atoms with van der Waals surface area (Å²) < 4.78 is 6.13. The van der Waals surface area contributed by atoms with Crippen molar-refractivity contribution >= 4 is 49.8 Å². The van der Waals surface area contributed by atoms with Crippen molar-refractivity contribution in [1.82, 2.24) is 9.97 Å². The fourth-order valence-corrected chi connectivity index (χ4v) is 5.14. The van der Waals surface area contributed by atoms with Crippen molar-refractivity contribution in [3.63, 3.8) is 0 Å². The Bertz CT molecular complexity index is 1560. The highest BCUT2D eigenvalue weighted by molar-refractivity contribution is 7.22. The first-order chi connectivity index (χ1) is 17.7. The third-order valence-corrected chi connectivity index (χ3v) is 6.74. The van der Waals surface area contributed by atoms with E-state index in [1.807, 2.05) is 13.8 Å². The number of rotatable bonds is 6. The molecule has 1 fully saturated rings. The van der Waals surface area contributed by atoms with Crippen LogP contribution < -0.4 is 9.64 Å². The van der Waals surface area contributed by atoms with Gasteiger partial charge in [0.1, 0.15) is 11.5 Å². The lowest BCUT2D eigenvalue weighted by molar-refractivity contribution is -0.384. The largest absolute Gasteiger partial charge is 0.507 e. The van der Waals surface area contributed by atoms with Gasteiger partial charge in [-0.2, -0.15) is 0 Å². The number of Topliss-reactive ketones (excluding diaryl/α,β-unsaturated/α-hetero) is 1. The van der Waals surface area contributed by atoms with Crippen molar-refractivity contribution in [3.05, 3.63) is 93.8 Å². The van der Waals surface area contributed by atoms with Gasteiger partial charge in [-0.15, -0.1) is 0 Å². The number of nitrogens with zero attached hydrogens (tertiary/aromatic N) is 4. The van der Waals surface area contributed by atoms with Crippen LogP contribution in [0, 0.1) is 10.1 Å². The summed E-state index contributed by atoms with van der Waals surface area (Å²) in [5.41, 5.74) is 1.05. The van der Waals surface area contributed by atoms with E-state index in [9.17, 15) is 24.8 Å². The van der Waals surface area contributed by atoms with Crippen LogP contribution in [0.5, 0.6) is 5.75 Å². The Kier molecular flexibility index (Phi) is 6.14. The number of carbonyl (C=O) groups excluding carboxylic acids is 2. The topological polar surface area (TPSA) is 136 Å². The molecule has 2 aromatic heterocycles. The number of aromatic nitrogens is 2. The Balaban J connectivity index is 1.64. The second kappa shape index (κ2) is 9.43. The number of fused-ring (bicyclic) bond motifs is 1. The maximum atomic E-state index is 13.3. The second-order valence-corrected chi connectivity index (χ2v) is 9.56. The minimum atomic E-state index is -1.00. The third-order valence-electron chi connectivity index (χ3n) is 5.72. The number of amides is 1. The molecule has 3 heterocycles. The molecule has 1 atom stereocenters. The molecule has 0 saturated carbocycles. The maximum Gasteiger partial charge on any atom is 0.301 e. The number of thiazole rings is 1. The first-order valence-corrected chi connectivity index (χ1v) is 12.1. The molecular formula is C26H20N4O6S. The Hall–Kier alpha value is -4.64. The summed E-state index contributed by atoms with van der Waals surface area (Å²) >= 11 is 1.04. The van der Waals surface area contributed by atoms with Crippen molar-refractivity contribution in [1.29, 1.82) is 0 Å². The van der Waals surface area contributed by atoms with E-state index in [0.717, 1.165) is 11.3 Å². The van der Waals surface area contributed by atoms with Gasteiger partial charge in [0.2, 0.25) is 0 Å². The number of nitro benzene ring substituents is 1. The quantitative estimate of drug-likeness (QED) is 0.124. The number of ketones is 1. The molecule has 1 unspecified atom stereocenters. The molecule has 10 nitrogen and oxygen atoms in total. The Morgan fingerprint density at radius 2 is 1.92 bits per heavy atom. The van der Waals surface area contributed by atoms with Crippen LogP contribution in [0.25, 0.3) is 16.0 Å². The number of hydrogen-bond donors (Lipinski definition) is 1. The maximum absolute atomic E-state index is 13.3. The number of carbonyl (C=O) groups is 2. The number of non-ortho nitro benzene ring substituents is 1. The van der Waals surface area contributed by atoms with Crippen LogP contribution in [0.15, 0.2) is 72.6 Å². The van der Waals surface area contributed by atoms with Gasteiger partial charge in [0.05, 0.1) is 32.9 Å². The Labute approximate surface area is 214 Å². The molecule has 0 radical (unpaired) electrons. The van der Waals surface area contributed by atoms with Crippen molar-refractivity contribution in [2.24, 2.45) is 0 Å². The van der Waals surface area contributed by atoms with E-state index in [1.54, 1.807) is 42.6 Å². The van der Waals surface area contributed by atoms with Crippen molar-refractivity contribution < 1.29 is 24.4 Å². The summed E-state index contributed by atoms with van der Waals surface area (Å²) in [7, 11) is 0. The highest BCUT2D eigenvalue weighted by atomic mass is 32.1. The summed E-state index contributed by atoms with van der Waals surface area (Å²) in [4.78, 5) is 47.1. The van der Waals surface area contributed by atoms with E-state index in [1.165, 1.54) is 29.3 Å². The highest BCUT2D eigenvalue weighted by Crippen LogP contribution is 2.44. The van der Waals surface area contributed by atoms with E-state index in [2.05, 4.69) is 9.97 Å². The minimum absolute atomic E-state index is 0.0365. The van der Waals surface area contributed by atoms with Crippen LogP contribution in [-0.4, -0.2) is 37.8 Å². The van der Waals surface area contributed by atoms with Gasteiger partial charge in [-0.05, 0) is 55.8 Å². The van der Waals surface area contributed by atoms with Crippen LogP contribution >= 0.6 is 11.3 Å². The molecule has 37 heavy (non-hydrogen) atoms. The number of nitro groups is 1. The molecule has 1 aliphatic heterocycles. The predicted octanol–water partition coefficient (Wildman–Crippen LogP) is 5.01. The van der Waals surface area contributed by atoms with Gasteiger partial charge in [-0.1, -0.05) is 17.4 Å². The van der Waals surface area contributed by atoms with Gasteiger partial charge in [0.25, 0.3) is 11.5 Å². The van der Waals surface area contributed by atoms with Gasteiger partial charge in [-0.3, -0.25) is 29.6 Å². The third kappa shape index (κ3) is 4.40. The molecular weight excluding hydrogens is 496 g/mol. The first kappa shape index (κ1) is 24.1. The fourth-order valence-electron chi connectivity index (χ4n) is 4.12. The number of aliphatic hydroxyl groups excluding tert-OH is 1. The minimum Gasteiger partial charge on any atom is -0.507 e. The van der Waals surface area contributed by atoms with Gasteiger partial charge in [0, 0.05) is 30.1 Å². The average Bonchev–Trinajstić information content (AvgIpc) is 3.42. The van der Waals surface area contributed by atoms with Crippen molar-refractivity contribution in [2.75, 3.05) is 4.90 Å². The average molecular weight is 517 g/mol. The molecule has 1 saturated heterocycles. The zero-order chi connectivity index (χ0) is 26.3. The number of hydrogen-bond acceptors (Lipinski definition) is 9. The lowest BCUT2D eigenvalue weighted by atomic mass is 9.96. The molecule has 1 amide bonds.